The lowest BCUT2D eigenvalue weighted by atomic mass is 9.92. The van der Waals surface area contributed by atoms with Gasteiger partial charge in [-0.1, -0.05) is 18.2 Å². The summed E-state index contributed by atoms with van der Waals surface area (Å²) in [5.41, 5.74) is -4.12. The molecule has 0 unspecified atom stereocenters. The van der Waals surface area contributed by atoms with E-state index in [0.717, 1.165) is 0 Å². The van der Waals surface area contributed by atoms with E-state index in [0.29, 0.717) is 0 Å². The molecule has 2 atom stereocenters. The van der Waals surface area contributed by atoms with Crippen molar-refractivity contribution in [1.29, 1.82) is 0 Å². The number of halogens is 6. The van der Waals surface area contributed by atoms with Crippen LogP contribution in [0, 0.1) is 5.92 Å². The van der Waals surface area contributed by atoms with Gasteiger partial charge in [0.2, 0.25) is 0 Å². The van der Waals surface area contributed by atoms with Crippen LogP contribution in [0.5, 0.6) is 0 Å². The Morgan fingerprint density at radius 2 is 1.40 bits per heavy atom. The minimum Gasteiger partial charge on any atom is -0.481 e. The van der Waals surface area contributed by atoms with Crippen molar-refractivity contribution >= 4 is 11.9 Å². The van der Waals surface area contributed by atoms with E-state index in [2.05, 4.69) is 5.32 Å². The van der Waals surface area contributed by atoms with Crippen LogP contribution in [0.2, 0.25) is 0 Å². The second-order valence-corrected chi connectivity index (χ2v) is 6.30. The Bertz CT molecular complexity index is 879. The second-order valence-electron chi connectivity index (χ2n) is 6.30. The predicted molar refractivity (Wildman–Crippen MR) is 91.3 cm³/mol. The van der Waals surface area contributed by atoms with Crippen molar-refractivity contribution in [2.75, 3.05) is 6.54 Å². The van der Waals surface area contributed by atoms with E-state index in [9.17, 15) is 46.1 Å². The van der Waals surface area contributed by atoms with Crippen LogP contribution in [-0.4, -0.2) is 28.6 Å². The van der Waals surface area contributed by atoms with E-state index in [-0.39, 0.29) is 23.8 Å². The first-order chi connectivity index (χ1) is 13.8. The van der Waals surface area contributed by atoms with Crippen LogP contribution < -0.4 is 5.32 Å². The molecule has 2 rings (SSSR count). The molecule has 0 aliphatic rings. The fraction of sp³-hybridized carbons (Fsp3) is 0.263. The van der Waals surface area contributed by atoms with Gasteiger partial charge in [0.15, 0.2) is 0 Å². The van der Waals surface area contributed by atoms with E-state index in [1.54, 1.807) is 6.07 Å². The first-order valence-corrected chi connectivity index (χ1v) is 8.34. The van der Waals surface area contributed by atoms with Crippen LogP contribution in [0.4, 0.5) is 26.3 Å². The molecule has 3 N–H and O–H groups in total. The summed E-state index contributed by atoms with van der Waals surface area (Å²) in [5, 5.41) is 21.7. The third kappa shape index (κ3) is 5.72. The van der Waals surface area contributed by atoms with Gasteiger partial charge in [-0.05, 0) is 35.9 Å². The highest BCUT2D eigenvalue weighted by molar-refractivity contribution is 5.94. The highest BCUT2D eigenvalue weighted by Gasteiger charge is 2.39. The normalized spacial score (nSPS) is 14.1. The number of nitrogens with one attached hydrogen (secondary N) is 1. The van der Waals surface area contributed by atoms with Crippen LogP contribution in [0.25, 0.3) is 0 Å². The van der Waals surface area contributed by atoms with Gasteiger partial charge in [-0.25, -0.2) is 0 Å². The van der Waals surface area contributed by atoms with Crippen molar-refractivity contribution in [1.82, 2.24) is 5.32 Å². The fourth-order valence-corrected chi connectivity index (χ4v) is 2.61. The van der Waals surface area contributed by atoms with Gasteiger partial charge in [0, 0.05) is 12.1 Å². The molecule has 0 bridgehead atoms. The number of carboxylic acids is 1. The Kier molecular flexibility index (Phi) is 6.76. The molecular weight excluding hydrogens is 420 g/mol. The number of aliphatic hydroxyl groups excluding tert-OH is 1. The molecule has 0 saturated heterocycles. The molecular formula is C19H15F6NO4. The van der Waals surface area contributed by atoms with Crippen molar-refractivity contribution < 1.29 is 46.1 Å². The number of aliphatic hydroxyl groups is 1. The summed E-state index contributed by atoms with van der Waals surface area (Å²) in [6.45, 7) is -0.734. The monoisotopic (exact) mass is 435 g/mol. The van der Waals surface area contributed by atoms with Crippen LogP contribution in [0.15, 0.2) is 48.5 Å². The molecule has 2 aromatic carbocycles. The summed E-state index contributed by atoms with van der Waals surface area (Å²) in [6.07, 6.45) is -12.6. The molecule has 0 spiro atoms. The maximum Gasteiger partial charge on any atom is 0.416 e. The highest BCUT2D eigenvalue weighted by atomic mass is 19.4. The predicted octanol–water partition coefficient (Wildman–Crippen LogP) is 3.89. The van der Waals surface area contributed by atoms with Gasteiger partial charge in [-0.2, -0.15) is 26.3 Å². The van der Waals surface area contributed by atoms with Crippen molar-refractivity contribution in [3.63, 3.8) is 0 Å². The first-order valence-electron chi connectivity index (χ1n) is 8.34. The molecule has 5 nitrogen and oxygen atoms in total. The van der Waals surface area contributed by atoms with Gasteiger partial charge >= 0.3 is 18.3 Å². The Morgan fingerprint density at radius 1 is 0.900 bits per heavy atom. The van der Waals surface area contributed by atoms with Gasteiger partial charge in [-0.3, -0.25) is 9.59 Å². The number of hydrogen-bond acceptors (Lipinski definition) is 3. The summed E-state index contributed by atoms with van der Waals surface area (Å²) < 4.78 is 77.9. The molecule has 0 aromatic heterocycles. The average molecular weight is 435 g/mol. The van der Waals surface area contributed by atoms with Crippen molar-refractivity contribution in [3.05, 3.63) is 70.8 Å². The molecule has 11 heteroatoms. The molecule has 1 amide bonds. The molecule has 0 saturated carbocycles. The summed E-state index contributed by atoms with van der Waals surface area (Å²) in [5.74, 6) is -4.35. The quantitative estimate of drug-likeness (QED) is 0.601. The smallest absolute Gasteiger partial charge is 0.416 e. The lowest BCUT2D eigenvalue weighted by molar-refractivity contribution is -0.145. The molecule has 30 heavy (non-hydrogen) atoms. The number of carbonyl (C=O) groups excluding carboxylic acids is 1. The lowest BCUT2D eigenvalue weighted by Crippen LogP contribution is -2.36. The number of hydrogen-bond donors (Lipinski definition) is 3. The third-order valence-electron chi connectivity index (χ3n) is 4.17. The molecule has 0 fully saturated rings. The topological polar surface area (TPSA) is 86.6 Å². The van der Waals surface area contributed by atoms with Crippen LogP contribution in [-0.2, 0) is 17.1 Å². The number of carboxylic acid groups (broad SMARTS) is 1. The van der Waals surface area contributed by atoms with Gasteiger partial charge < -0.3 is 15.5 Å². The summed E-state index contributed by atoms with van der Waals surface area (Å²) >= 11 is 0. The summed E-state index contributed by atoms with van der Waals surface area (Å²) in [7, 11) is 0. The third-order valence-corrected chi connectivity index (χ3v) is 4.17. The zero-order valence-electron chi connectivity index (χ0n) is 15.0. The molecule has 0 radical (unpaired) electrons. The zero-order chi connectivity index (χ0) is 22.7. The van der Waals surface area contributed by atoms with Crippen molar-refractivity contribution in [3.8, 4) is 0 Å². The Balaban J connectivity index is 2.33. The SMILES string of the molecule is O=C(NC[C@@H](C(=O)O)[C@H](O)c1cc(C(F)(F)F)cc(C(F)(F)F)c1)c1ccccc1. The number of aliphatic carboxylic acids is 1. The van der Waals surface area contributed by atoms with Crippen molar-refractivity contribution in [2.45, 2.75) is 18.5 Å². The minimum atomic E-state index is -5.16. The van der Waals surface area contributed by atoms with E-state index in [1.807, 2.05) is 0 Å². The van der Waals surface area contributed by atoms with E-state index in [1.165, 1.54) is 24.3 Å². The number of benzene rings is 2. The number of rotatable bonds is 6. The van der Waals surface area contributed by atoms with E-state index in [4.69, 9.17) is 0 Å². The van der Waals surface area contributed by atoms with Gasteiger partial charge in [-0.15, -0.1) is 0 Å². The van der Waals surface area contributed by atoms with E-state index < -0.39 is 59.5 Å². The zero-order valence-corrected chi connectivity index (χ0v) is 15.0. The fourth-order valence-electron chi connectivity index (χ4n) is 2.61. The number of carbonyl (C=O) groups is 2. The highest BCUT2D eigenvalue weighted by Crippen LogP contribution is 2.38. The van der Waals surface area contributed by atoms with Gasteiger partial charge in [0.1, 0.15) is 5.92 Å². The molecule has 162 valence electrons. The standard InChI is InChI=1S/C19H15F6NO4/c20-18(21,22)12-6-11(7-13(8-12)19(23,24)25)15(27)14(17(29)30)9-26-16(28)10-4-2-1-3-5-10/h1-8,14-15,27H,9H2,(H,26,28)(H,29,30)/t14-,15-/m1/s1. The first kappa shape index (κ1) is 23.2. The Hall–Kier alpha value is -3.08. The average Bonchev–Trinajstić information content (AvgIpc) is 2.66. The van der Waals surface area contributed by atoms with Crippen LogP contribution in [0.3, 0.4) is 0 Å². The number of alkyl halides is 6. The Labute approximate surface area is 165 Å². The maximum atomic E-state index is 13.0. The molecule has 0 heterocycles. The maximum absolute atomic E-state index is 13.0. The molecule has 2 aromatic rings. The number of amides is 1. The van der Waals surface area contributed by atoms with Crippen LogP contribution in [0.1, 0.15) is 33.2 Å². The summed E-state index contributed by atoms with van der Waals surface area (Å²) in [6, 6.07) is 7.84. The van der Waals surface area contributed by atoms with Crippen molar-refractivity contribution in [2.24, 2.45) is 5.92 Å². The minimum absolute atomic E-state index is 0.136. The second kappa shape index (κ2) is 8.74. The summed E-state index contributed by atoms with van der Waals surface area (Å²) in [4.78, 5) is 23.5. The lowest BCUT2D eigenvalue weighted by Gasteiger charge is -2.22. The van der Waals surface area contributed by atoms with Gasteiger partial charge in [0.05, 0.1) is 17.2 Å². The largest absolute Gasteiger partial charge is 0.481 e. The Morgan fingerprint density at radius 3 is 1.83 bits per heavy atom. The van der Waals surface area contributed by atoms with Crippen LogP contribution >= 0.6 is 0 Å². The molecule has 0 aliphatic carbocycles. The van der Waals surface area contributed by atoms with Gasteiger partial charge in [0.25, 0.3) is 5.91 Å². The van der Waals surface area contributed by atoms with E-state index >= 15 is 0 Å². The molecule has 0 aliphatic heterocycles.